The van der Waals surface area contributed by atoms with Gasteiger partial charge in [0.15, 0.2) is 17.6 Å². The number of fused-ring (bicyclic) bond motifs is 2. The number of anilines is 1. The summed E-state index contributed by atoms with van der Waals surface area (Å²) in [6, 6.07) is 0.694. The number of rotatable bonds is 3. The van der Waals surface area contributed by atoms with Gasteiger partial charge in [0, 0.05) is 19.3 Å². The molecule has 6 aliphatic rings. The number of carbonyl (C=O) groups excluding carboxylic acids is 1. The minimum atomic E-state index is -4.36. The number of nitrogens with two attached hydrogens (primary N) is 2. The van der Waals surface area contributed by atoms with E-state index in [1.807, 2.05) is 0 Å². The van der Waals surface area contributed by atoms with Crippen LogP contribution in [0.5, 0.6) is 0 Å². The third-order valence-electron chi connectivity index (χ3n) is 9.65. The number of primary amides is 1. The number of imidazole rings is 1. The largest absolute Gasteiger partial charge is 0.387 e. The van der Waals surface area contributed by atoms with Gasteiger partial charge in [0.1, 0.15) is 71.0 Å². The molecule has 1 amide bonds. The number of nitrogen functional groups attached to an aromatic ring is 1. The molecule has 3 aliphatic heterocycles. The summed E-state index contributed by atoms with van der Waals surface area (Å²) in [7, 11) is 0. The summed E-state index contributed by atoms with van der Waals surface area (Å²) >= 11 is 9.52. The maximum atomic E-state index is 16.6. The fourth-order valence-corrected chi connectivity index (χ4v) is 10.8. The fraction of sp³-hybridized carbons (Fsp3) is 0.609. The number of thiol groups is 1. The summed E-state index contributed by atoms with van der Waals surface area (Å²) < 4.78 is 67.9. The van der Waals surface area contributed by atoms with Crippen molar-refractivity contribution >= 4 is 60.5 Å². The lowest BCUT2D eigenvalue weighted by Crippen LogP contribution is -2.36. The molecule has 3 saturated carbocycles. The number of ether oxygens (including phenoxy) is 2. The molecule has 7 N–H and O–H groups in total. The molecule has 18 nitrogen and oxygen atoms in total. The third kappa shape index (κ3) is 4.15. The molecule has 6 heterocycles. The summed E-state index contributed by atoms with van der Waals surface area (Å²) in [5.41, 5.74) is 7.52. The molecule has 23 heteroatoms. The molecule has 3 aliphatic carbocycles. The van der Waals surface area contributed by atoms with E-state index in [1.165, 1.54) is 18.7 Å². The smallest absolute Gasteiger partial charge is 0.386 e. The molecule has 6 fully saturated rings. The van der Waals surface area contributed by atoms with Crippen LogP contribution in [0.2, 0.25) is 0 Å². The Morgan fingerprint density at radius 3 is 2.67 bits per heavy atom. The summed E-state index contributed by atoms with van der Waals surface area (Å²) in [5, 5.41) is 17.8. The van der Waals surface area contributed by atoms with Crippen LogP contribution in [-0.4, -0.2) is 99.1 Å². The standard InChI is InChI=1S/C23H25FN8O10P2S2/c24-15-17-23(42-21(15)2-9(21)32-6-29-12-18(25)27-5-28-20(12)32)4-11(23)39-43(35,45)40-14-13(7-1-8(19(26)34)31-30-7)37-22(16(14)33)3-10(22)38-44(36,46)41-17/h1,5-6,9-11,13-17,33H,2-4H2,(H2,26,34)(H,30,31)(H,35,45)(H,36,46)(H2,25,27,28)/t9?,10-,11?,13-,14-,15+,16-,17-,21?,22?,23?,43?,44?/m0/s1. The molecule has 3 aromatic heterocycles. The van der Waals surface area contributed by atoms with Crippen LogP contribution in [0, 0.1) is 0 Å². The lowest BCUT2D eigenvalue weighted by molar-refractivity contribution is -0.0533. The first-order chi connectivity index (χ1) is 21.7. The monoisotopic (exact) mass is 718 g/mol. The lowest BCUT2D eigenvalue weighted by atomic mass is 10.0. The van der Waals surface area contributed by atoms with Gasteiger partial charge in [-0.05, 0) is 17.9 Å². The number of amides is 1. The van der Waals surface area contributed by atoms with E-state index < -0.39 is 85.1 Å². The van der Waals surface area contributed by atoms with Gasteiger partial charge in [-0.25, -0.2) is 23.9 Å². The Bertz CT molecular complexity index is 1940. The van der Waals surface area contributed by atoms with Crippen LogP contribution in [0.1, 0.15) is 47.6 Å². The second-order valence-electron chi connectivity index (χ2n) is 12.4. The van der Waals surface area contributed by atoms with E-state index in [2.05, 4.69) is 37.4 Å². The van der Waals surface area contributed by atoms with Crippen LogP contribution < -0.4 is 11.5 Å². The average Bonchev–Trinajstić information content (AvgIpc) is 3.82. The quantitative estimate of drug-likeness (QED) is 0.159. The van der Waals surface area contributed by atoms with E-state index in [1.54, 1.807) is 4.57 Å². The maximum Gasteiger partial charge on any atom is 0.386 e. The minimum Gasteiger partial charge on any atom is -0.387 e. The molecule has 13 atom stereocenters. The van der Waals surface area contributed by atoms with Crippen molar-refractivity contribution in [3.05, 3.63) is 30.1 Å². The number of aliphatic hydroxyl groups excluding tert-OH is 1. The maximum absolute atomic E-state index is 16.6. The van der Waals surface area contributed by atoms with Gasteiger partial charge in [-0.1, -0.05) is 12.2 Å². The topological polar surface area (TPSA) is 254 Å². The number of hydrogen-bond acceptors (Lipinski definition) is 15. The molecular weight excluding hydrogens is 693 g/mol. The van der Waals surface area contributed by atoms with Gasteiger partial charge in [-0.3, -0.25) is 23.5 Å². The van der Waals surface area contributed by atoms with Gasteiger partial charge < -0.3 is 40.0 Å². The molecule has 0 radical (unpaired) electrons. The number of aromatic nitrogens is 6. The van der Waals surface area contributed by atoms with Crippen molar-refractivity contribution in [3.8, 4) is 0 Å². The van der Waals surface area contributed by atoms with Crippen molar-refractivity contribution in [3.63, 3.8) is 0 Å². The Morgan fingerprint density at radius 2 is 1.91 bits per heavy atom. The van der Waals surface area contributed by atoms with Gasteiger partial charge >= 0.3 is 13.5 Å². The van der Waals surface area contributed by atoms with E-state index in [0.717, 1.165) is 0 Å². The molecule has 0 aromatic carbocycles. The zero-order chi connectivity index (χ0) is 32.2. The minimum absolute atomic E-state index is 0.0140. The normalized spacial score (nSPS) is 49.0. The van der Waals surface area contributed by atoms with Crippen molar-refractivity contribution < 1.29 is 51.3 Å². The van der Waals surface area contributed by atoms with Crippen molar-refractivity contribution in [1.29, 1.82) is 0 Å². The molecule has 3 spiro atoms. The van der Waals surface area contributed by atoms with Crippen LogP contribution in [0.4, 0.5) is 10.2 Å². The zero-order valence-corrected chi connectivity index (χ0v) is 26.7. The fourth-order valence-electron chi connectivity index (χ4n) is 7.20. The van der Waals surface area contributed by atoms with Gasteiger partial charge in [-0.2, -0.15) is 5.10 Å². The zero-order valence-electron chi connectivity index (χ0n) is 23.2. The summed E-state index contributed by atoms with van der Waals surface area (Å²) in [5.74, 6) is -0.668. The van der Waals surface area contributed by atoms with Gasteiger partial charge in [-0.15, -0.1) is 0 Å². The molecule has 7 unspecified atom stereocenters. The van der Waals surface area contributed by atoms with E-state index in [4.69, 9.17) is 50.8 Å². The number of H-pyrrole nitrogens is 1. The van der Waals surface area contributed by atoms with Crippen LogP contribution in [-0.2, 0) is 43.9 Å². The summed E-state index contributed by atoms with van der Waals surface area (Å²) in [6.45, 7) is -8.60. The van der Waals surface area contributed by atoms with E-state index in [0.29, 0.717) is 11.2 Å². The highest BCUT2D eigenvalue weighted by molar-refractivity contribution is 8.44. The highest BCUT2D eigenvalue weighted by atomic mass is 32.7. The second kappa shape index (κ2) is 9.31. The molecule has 9 rings (SSSR count). The average molecular weight is 719 g/mol. The highest BCUT2D eigenvalue weighted by Gasteiger charge is 2.83. The highest BCUT2D eigenvalue weighted by Crippen LogP contribution is 2.74. The number of carbonyl (C=O) groups is 1. The van der Waals surface area contributed by atoms with Crippen LogP contribution in [0.25, 0.3) is 11.2 Å². The van der Waals surface area contributed by atoms with Crippen molar-refractivity contribution in [2.24, 2.45) is 5.73 Å². The molecule has 246 valence electrons. The van der Waals surface area contributed by atoms with Crippen molar-refractivity contribution in [2.45, 2.75) is 84.9 Å². The number of aromatic amines is 1. The molecule has 3 aromatic rings. The third-order valence-corrected chi connectivity index (χ3v) is 12.8. The van der Waals surface area contributed by atoms with Crippen molar-refractivity contribution in [1.82, 2.24) is 29.7 Å². The van der Waals surface area contributed by atoms with Crippen LogP contribution >= 0.6 is 25.8 Å². The Kier molecular flexibility index (Phi) is 6.06. The van der Waals surface area contributed by atoms with E-state index in [9.17, 15) is 19.4 Å². The van der Waals surface area contributed by atoms with E-state index >= 15 is 4.39 Å². The number of hydrogen-bond donors (Lipinski definition) is 6. The number of halogens is 1. The number of aliphatic hydroxyl groups is 1. The lowest BCUT2D eigenvalue weighted by Gasteiger charge is -2.26. The van der Waals surface area contributed by atoms with Crippen molar-refractivity contribution in [2.75, 3.05) is 5.73 Å². The number of alkyl halides is 1. The van der Waals surface area contributed by atoms with E-state index in [-0.39, 0.29) is 36.5 Å². The van der Waals surface area contributed by atoms with Crippen LogP contribution in [0.15, 0.2) is 18.7 Å². The first-order valence-corrected chi connectivity index (χ1v) is 19.3. The van der Waals surface area contributed by atoms with Gasteiger partial charge in [0.2, 0.25) is 0 Å². The SMILES string of the molecule is NC(=O)c1cc([C@@H]2OC34C[C@@H]3OP(O)(=S)O[C@H]3[C@@H](F)C5(CC5n5cnc6c(N)ncnc65)OC35CC5OP(=O)(S)O[C@@H]2[C@@H]4O)[nH]n1. The first-order valence-electron chi connectivity index (χ1n) is 14.1. The number of nitrogens with one attached hydrogen (secondary N) is 1. The predicted octanol–water partition coefficient (Wildman–Crippen LogP) is 0.509. The first kappa shape index (κ1) is 30.0. The summed E-state index contributed by atoms with van der Waals surface area (Å²) in [4.78, 5) is 35.4. The van der Waals surface area contributed by atoms with Crippen LogP contribution in [0.3, 0.4) is 0 Å². The second-order valence-corrected chi connectivity index (χ2v) is 17.9. The molecular formula is C23H25FN8O10P2S2. The number of nitrogens with zero attached hydrogens (tertiary/aromatic N) is 5. The Hall–Kier alpha value is -2.13. The predicted molar refractivity (Wildman–Crippen MR) is 156 cm³/mol. The molecule has 46 heavy (non-hydrogen) atoms. The summed E-state index contributed by atoms with van der Waals surface area (Å²) in [6.07, 6.45) is -6.61. The van der Waals surface area contributed by atoms with Gasteiger partial charge in [0.05, 0.1) is 18.1 Å². The Balaban J connectivity index is 1.05. The Labute approximate surface area is 267 Å². The van der Waals surface area contributed by atoms with Gasteiger partial charge in [0.25, 0.3) is 5.91 Å². The molecule has 2 bridgehead atoms. The molecule has 3 saturated heterocycles. The Morgan fingerprint density at radius 1 is 1.15 bits per heavy atom.